The fourth-order valence-electron chi connectivity index (χ4n) is 5.70. The molecule has 4 aromatic rings. The van der Waals surface area contributed by atoms with Gasteiger partial charge in [0.15, 0.2) is 0 Å². The van der Waals surface area contributed by atoms with E-state index >= 15 is 0 Å². The van der Waals surface area contributed by atoms with Crippen LogP contribution in [0.4, 0.5) is 0 Å². The number of fused-ring (bicyclic) bond motifs is 3. The molecule has 3 nitrogen and oxygen atoms in total. The molecule has 0 aliphatic heterocycles. The standard InChI is InChI=1S/C32H40NO2P/c1-26(27-18-10-9-11-19-27)33(28-20-12-7-5-3-2-4-6-8-13-21-28)36-34-31-24-16-14-22-29(31)30-23-15-17-25-32(30)35-36/h9-11,14-19,22-26,28H,2-8,12-13,20-21H2,1H3/t26-/m1/s1. The van der Waals surface area contributed by atoms with E-state index < -0.39 is 8.16 Å². The van der Waals surface area contributed by atoms with Gasteiger partial charge >= 0.3 is 8.16 Å². The maximum atomic E-state index is 6.84. The van der Waals surface area contributed by atoms with Crippen LogP contribution in [0.1, 0.15) is 89.2 Å². The highest BCUT2D eigenvalue weighted by atomic mass is 31.1. The SMILES string of the molecule is C[C@H](c1ccccc1)N(C1CCCCCCCCCCC1)p1oc2ccccc2c2ccccc2o1. The fraction of sp³-hybridized carbons (Fsp3) is 0.438. The highest BCUT2D eigenvalue weighted by Gasteiger charge is 2.30. The van der Waals surface area contributed by atoms with E-state index in [4.69, 9.17) is 8.39 Å². The van der Waals surface area contributed by atoms with Crippen LogP contribution in [0.3, 0.4) is 0 Å². The fourth-order valence-corrected chi connectivity index (χ4v) is 7.49. The molecule has 5 rings (SSSR count). The second kappa shape index (κ2) is 12.7. The molecule has 1 aromatic heterocycles. The van der Waals surface area contributed by atoms with E-state index in [0.717, 1.165) is 21.9 Å². The molecule has 1 fully saturated rings. The first kappa shape index (κ1) is 25.2. The third-order valence-electron chi connectivity index (χ3n) is 7.73. The number of hydrogen-bond acceptors (Lipinski definition) is 3. The number of rotatable bonds is 4. The first-order valence-electron chi connectivity index (χ1n) is 14.0. The molecule has 0 bridgehead atoms. The Bertz CT molecular complexity index is 1200. The van der Waals surface area contributed by atoms with Crippen LogP contribution in [0.25, 0.3) is 21.9 Å². The Hall–Kier alpha value is -2.48. The normalized spacial score (nSPS) is 17.5. The average molecular weight is 502 g/mol. The molecular formula is C32H40NO2P. The van der Waals surface area contributed by atoms with Gasteiger partial charge in [0, 0.05) is 22.9 Å². The van der Waals surface area contributed by atoms with Crippen LogP contribution < -0.4 is 4.67 Å². The molecule has 0 unspecified atom stereocenters. The monoisotopic (exact) mass is 501 g/mol. The van der Waals surface area contributed by atoms with E-state index in [0.29, 0.717) is 6.04 Å². The van der Waals surface area contributed by atoms with Gasteiger partial charge in [0.25, 0.3) is 0 Å². The summed E-state index contributed by atoms with van der Waals surface area (Å²) in [6.07, 6.45) is 14.5. The molecule has 36 heavy (non-hydrogen) atoms. The molecule has 1 saturated carbocycles. The quantitative estimate of drug-likeness (QED) is 0.278. The van der Waals surface area contributed by atoms with Crippen LogP contribution in [0.15, 0.2) is 87.3 Å². The summed E-state index contributed by atoms with van der Waals surface area (Å²) in [5.41, 5.74) is 3.17. The molecule has 1 aliphatic rings. The summed E-state index contributed by atoms with van der Waals surface area (Å²) < 4.78 is 16.3. The van der Waals surface area contributed by atoms with Crippen molar-refractivity contribution >= 4 is 30.1 Å². The van der Waals surface area contributed by atoms with Gasteiger partial charge in [0.05, 0.1) is 0 Å². The Balaban J connectivity index is 1.63. The Morgan fingerprint density at radius 3 is 1.58 bits per heavy atom. The molecule has 0 spiro atoms. The van der Waals surface area contributed by atoms with E-state index in [1.165, 1.54) is 76.2 Å². The molecule has 0 amide bonds. The zero-order chi connectivity index (χ0) is 24.6. The minimum atomic E-state index is -1.34. The summed E-state index contributed by atoms with van der Waals surface area (Å²) in [7, 11) is -1.34. The van der Waals surface area contributed by atoms with Gasteiger partial charge in [-0.25, -0.2) is 0 Å². The van der Waals surface area contributed by atoms with Crippen LogP contribution in [0.5, 0.6) is 0 Å². The first-order valence-corrected chi connectivity index (χ1v) is 15.1. The van der Waals surface area contributed by atoms with E-state index in [-0.39, 0.29) is 6.04 Å². The topological polar surface area (TPSA) is 29.5 Å². The zero-order valence-corrected chi connectivity index (χ0v) is 22.5. The lowest BCUT2D eigenvalue weighted by Crippen LogP contribution is -2.35. The number of benzene rings is 3. The summed E-state index contributed by atoms with van der Waals surface area (Å²) in [6.45, 7) is 2.34. The Morgan fingerprint density at radius 2 is 1.06 bits per heavy atom. The lowest BCUT2D eigenvalue weighted by molar-refractivity contribution is 0.428. The molecular weight excluding hydrogens is 461 g/mol. The van der Waals surface area contributed by atoms with Gasteiger partial charge in [-0.05, 0) is 37.5 Å². The number of nitrogens with zero attached hydrogens (tertiary/aromatic N) is 1. The van der Waals surface area contributed by atoms with Crippen LogP contribution in [-0.2, 0) is 0 Å². The Labute approximate surface area is 217 Å². The number of hydrogen-bond donors (Lipinski definition) is 0. The van der Waals surface area contributed by atoms with Gasteiger partial charge in [-0.15, -0.1) is 0 Å². The van der Waals surface area contributed by atoms with Crippen molar-refractivity contribution in [3.8, 4) is 0 Å². The van der Waals surface area contributed by atoms with E-state index in [9.17, 15) is 0 Å². The highest BCUT2D eigenvalue weighted by molar-refractivity contribution is 7.39. The zero-order valence-electron chi connectivity index (χ0n) is 21.6. The Kier molecular flexibility index (Phi) is 8.85. The predicted octanol–water partition coefficient (Wildman–Crippen LogP) is 10.7. The van der Waals surface area contributed by atoms with Crippen molar-refractivity contribution in [1.29, 1.82) is 0 Å². The van der Waals surface area contributed by atoms with Crippen LogP contribution in [0, 0.1) is 0 Å². The molecule has 190 valence electrons. The molecule has 1 heterocycles. The van der Waals surface area contributed by atoms with Gasteiger partial charge in [0.2, 0.25) is 0 Å². The Morgan fingerprint density at radius 1 is 0.611 bits per heavy atom. The maximum Gasteiger partial charge on any atom is 0.310 e. The molecule has 3 aromatic carbocycles. The lowest BCUT2D eigenvalue weighted by Gasteiger charge is -2.34. The molecule has 0 saturated heterocycles. The second-order valence-electron chi connectivity index (χ2n) is 10.3. The van der Waals surface area contributed by atoms with Gasteiger partial charge in [-0.3, -0.25) is 0 Å². The van der Waals surface area contributed by atoms with Gasteiger partial charge in [-0.1, -0.05) is 125 Å². The summed E-state index contributed by atoms with van der Waals surface area (Å²) in [5, 5.41) is 2.23. The van der Waals surface area contributed by atoms with Crippen LogP contribution in [0.2, 0.25) is 0 Å². The van der Waals surface area contributed by atoms with Gasteiger partial charge in [0.1, 0.15) is 11.2 Å². The average Bonchev–Trinajstić information content (AvgIpc) is 3.07. The molecule has 0 N–H and O–H groups in total. The summed E-state index contributed by atoms with van der Waals surface area (Å²) in [5.74, 6) is 0. The summed E-state index contributed by atoms with van der Waals surface area (Å²) in [4.78, 5) is 0. The van der Waals surface area contributed by atoms with Crippen molar-refractivity contribution in [1.82, 2.24) is 0 Å². The van der Waals surface area contributed by atoms with Crippen molar-refractivity contribution in [2.75, 3.05) is 4.67 Å². The van der Waals surface area contributed by atoms with E-state index in [1.807, 2.05) is 0 Å². The van der Waals surface area contributed by atoms with Crippen molar-refractivity contribution in [2.45, 2.75) is 89.6 Å². The van der Waals surface area contributed by atoms with Gasteiger partial charge in [-0.2, -0.15) is 4.67 Å². The minimum absolute atomic E-state index is 0.202. The third-order valence-corrected chi connectivity index (χ3v) is 9.49. The van der Waals surface area contributed by atoms with Crippen LogP contribution in [-0.4, -0.2) is 6.04 Å². The van der Waals surface area contributed by atoms with Crippen molar-refractivity contribution in [3.63, 3.8) is 0 Å². The smallest absolute Gasteiger partial charge is 0.310 e. The van der Waals surface area contributed by atoms with Crippen molar-refractivity contribution in [2.24, 2.45) is 0 Å². The number of para-hydroxylation sites is 2. The van der Waals surface area contributed by atoms with Crippen molar-refractivity contribution in [3.05, 3.63) is 84.4 Å². The second-order valence-corrected chi connectivity index (χ2v) is 11.6. The largest absolute Gasteiger partial charge is 0.408 e. The molecule has 1 atom stereocenters. The molecule has 4 heteroatoms. The summed E-state index contributed by atoms with van der Waals surface area (Å²) in [6, 6.07) is 28.4. The molecule has 0 radical (unpaired) electrons. The first-order chi connectivity index (χ1) is 17.8. The third kappa shape index (κ3) is 6.07. The molecule has 1 aliphatic carbocycles. The predicted molar refractivity (Wildman–Crippen MR) is 154 cm³/mol. The van der Waals surface area contributed by atoms with E-state index in [1.54, 1.807) is 0 Å². The van der Waals surface area contributed by atoms with Crippen molar-refractivity contribution < 1.29 is 8.39 Å². The van der Waals surface area contributed by atoms with Crippen LogP contribution >= 0.6 is 8.16 Å². The minimum Gasteiger partial charge on any atom is -0.408 e. The highest BCUT2D eigenvalue weighted by Crippen LogP contribution is 2.44. The van der Waals surface area contributed by atoms with E-state index in [2.05, 4.69) is 90.5 Å². The summed E-state index contributed by atoms with van der Waals surface area (Å²) >= 11 is 0. The van der Waals surface area contributed by atoms with Gasteiger partial charge < -0.3 is 8.39 Å². The lowest BCUT2D eigenvalue weighted by atomic mass is 9.96. The maximum absolute atomic E-state index is 6.84.